The van der Waals surface area contributed by atoms with Gasteiger partial charge < -0.3 is 5.43 Å². The van der Waals surface area contributed by atoms with E-state index in [1.165, 1.54) is 4.90 Å². The Bertz CT molecular complexity index is 2180. The van der Waals surface area contributed by atoms with Crippen LogP contribution < -0.4 is 16.2 Å². The highest BCUT2D eigenvalue weighted by Gasteiger charge is 2.34. The summed E-state index contributed by atoms with van der Waals surface area (Å²) in [6.45, 7) is 0. The van der Waals surface area contributed by atoms with Crippen molar-refractivity contribution in [2.45, 2.75) is 0 Å². The number of nitrogens with two attached hydrogens (primary N) is 1. The number of nitrogens with one attached hydrogen (secondary N) is 1. The smallest absolute Gasteiger partial charge is 0.265 e. The first-order valence-corrected chi connectivity index (χ1v) is 14.4. The van der Waals surface area contributed by atoms with Crippen molar-refractivity contribution >= 4 is 55.5 Å². The van der Waals surface area contributed by atoms with Crippen molar-refractivity contribution in [2.24, 2.45) is 5.84 Å². The van der Waals surface area contributed by atoms with Gasteiger partial charge in [0.2, 0.25) is 0 Å². The standard InChI is InChI=1S/C34H22N6O2S/c35-37-27-17-16-25-30-23(27)12-7-13-24(30)33(41)40(34(25)42)22-11-6-8-20(18-22)31-26(19-39(38-31)21-9-2-1-3-10-21)32-36-28-14-4-5-15-29(28)43-32/h1-19,37H,35H2. The normalized spacial score (nSPS) is 12.8. The molecule has 3 N–H and O–H groups in total. The molecule has 8 nitrogen and oxygen atoms in total. The summed E-state index contributed by atoms with van der Waals surface area (Å²) in [4.78, 5) is 33.9. The molecular formula is C34H22N6O2S. The number of benzene rings is 5. The quantitative estimate of drug-likeness (QED) is 0.129. The number of amides is 2. The lowest BCUT2D eigenvalue weighted by molar-refractivity contribution is 0.0893. The maximum atomic E-state index is 13.9. The molecule has 206 valence electrons. The van der Waals surface area contributed by atoms with Crippen LogP contribution in [0.5, 0.6) is 0 Å². The maximum Gasteiger partial charge on any atom is 0.265 e. The molecule has 0 saturated heterocycles. The number of imide groups is 1. The Hall–Kier alpha value is -5.64. The number of anilines is 2. The Morgan fingerprint density at radius 1 is 0.721 bits per heavy atom. The lowest BCUT2D eigenvalue weighted by atomic mass is 9.92. The van der Waals surface area contributed by atoms with Gasteiger partial charge in [-0.25, -0.2) is 14.6 Å². The number of nitrogens with zero attached hydrogens (tertiary/aromatic N) is 4. The second-order valence-corrected chi connectivity index (χ2v) is 11.2. The van der Waals surface area contributed by atoms with E-state index in [1.807, 2.05) is 83.7 Å². The Morgan fingerprint density at radius 3 is 2.28 bits per heavy atom. The van der Waals surface area contributed by atoms with Crippen LogP contribution in [-0.2, 0) is 0 Å². The summed E-state index contributed by atoms with van der Waals surface area (Å²) in [6, 6.07) is 34.1. The number of fused-ring (bicyclic) bond motifs is 1. The van der Waals surface area contributed by atoms with Crippen molar-refractivity contribution < 1.29 is 9.59 Å². The summed E-state index contributed by atoms with van der Waals surface area (Å²) in [5.41, 5.74) is 8.79. The van der Waals surface area contributed by atoms with Gasteiger partial charge in [0.1, 0.15) is 10.7 Å². The number of nitrogen functional groups attached to an aromatic ring is 1. The number of aromatic nitrogens is 3. The molecule has 7 aromatic rings. The number of para-hydroxylation sites is 2. The van der Waals surface area contributed by atoms with Crippen molar-refractivity contribution in [2.75, 3.05) is 10.3 Å². The lowest BCUT2D eigenvalue weighted by Gasteiger charge is -2.28. The molecule has 8 rings (SSSR count). The fraction of sp³-hybridized carbons (Fsp3) is 0. The van der Waals surface area contributed by atoms with Crippen LogP contribution in [0.3, 0.4) is 0 Å². The number of hydrogen-bond acceptors (Lipinski definition) is 7. The minimum absolute atomic E-state index is 0.393. The number of hydrogen-bond donors (Lipinski definition) is 2. The van der Waals surface area contributed by atoms with E-state index in [2.05, 4.69) is 11.5 Å². The van der Waals surface area contributed by atoms with E-state index in [4.69, 9.17) is 15.9 Å². The summed E-state index contributed by atoms with van der Waals surface area (Å²) >= 11 is 1.60. The van der Waals surface area contributed by atoms with E-state index in [0.29, 0.717) is 33.6 Å². The summed E-state index contributed by atoms with van der Waals surface area (Å²) < 4.78 is 2.91. The molecular weight excluding hydrogens is 556 g/mol. The third-order valence-corrected chi connectivity index (χ3v) is 8.77. The van der Waals surface area contributed by atoms with Gasteiger partial charge in [-0.05, 0) is 54.6 Å². The zero-order valence-electron chi connectivity index (χ0n) is 22.6. The van der Waals surface area contributed by atoms with Crippen molar-refractivity contribution in [3.63, 3.8) is 0 Å². The van der Waals surface area contributed by atoms with E-state index in [0.717, 1.165) is 37.4 Å². The predicted octanol–water partition coefficient (Wildman–Crippen LogP) is 7.06. The first-order chi connectivity index (χ1) is 21.1. The van der Waals surface area contributed by atoms with Gasteiger partial charge in [-0.1, -0.05) is 54.6 Å². The number of carbonyl (C=O) groups is 2. The van der Waals surface area contributed by atoms with Crippen LogP contribution in [0.1, 0.15) is 20.7 Å². The summed E-state index contributed by atoms with van der Waals surface area (Å²) in [6.07, 6.45) is 1.98. The van der Waals surface area contributed by atoms with Gasteiger partial charge in [-0.3, -0.25) is 15.4 Å². The van der Waals surface area contributed by atoms with Crippen molar-refractivity contribution in [3.8, 4) is 27.5 Å². The molecule has 5 aromatic carbocycles. The Kier molecular flexibility index (Phi) is 5.68. The molecule has 0 saturated carbocycles. The largest absolute Gasteiger partial charge is 0.324 e. The first kappa shape index (κ1) is 25.1. The average Bonchev–Trinajstić information content (AvgIpc) is 3.69. The van der Waals surface area contributed by atoms with Gasteiger partial charge in [0, 0.05) is 33.7 Å². The van der Waals surface area contributed by atoms with Gasteiger partial charge in [0.15, 0.2) is 0 Å². The van der Waals surface area contributed by atoms with Crippen LogP contribution in [0.25, 0.3) is 48.5 Å². The third-order valence-electron chi connectivity index (χ3n) is 7.70. The average molecular weight is 579 g/mol. The predicted molar refractivity (Wildman–Crippen MR) is 171 cm³/mol. The Labute approximate surface area is 249 Å². The molecule has 0 fully saturated rings. The fourth-order valence-electron chi connectivity index (χ4n) is 5.69. The number of rotatable bonds is 5. The van der Waals surface area contributed by atoms with Crippen LogP contribution in [0.2, 0.25) is 0 Å². The van der Waals surface area contributed by atoms with Crippen LogP contribution in [0.15, 0.2) is 115 Å². The molecule has 3 heterocycles. The molecule has 0 spiro atoms. The van der Waals surface area contributed by atoms with E-state index in [-0.39, 0.29) is 0 Å². The molecule has 0 atom stereocenters. The highest BCUT2D eigenvalue weighted by Crippen LogP contribution is 2.40. The second kappa shape index (κ2) is 9.73. The molecule has 2 amide bonds. The molecule has 9 heteroatoms. The van der Waals surface area contributed by atoms with Gasteiger partial charge >= 0.3 is 0 Å². The van der Waals surface area contributed by atoms with Crippen molar-refractivity contribution in [3.05, 3.63) is 127 Å². The van der Waals surface area contributed by atoms with E-state index >= 15 is 0 Å². The molecule has 43 heavy (non-hydrogen) atoms. The van der Waals surface area contributed by atoms with Crippen LogP contribution in [-0.4, -0.2) is 26.6 Å². The number of hydrazine groups is 1. The van der Waals surface area contributed by atoms with Gasteiger partial charge in [0.05, 0.1) is 32.8 Å². The summed E-state index contributed by atoms with van der Waals surface area (Å²) in [5.74, 6) is 4.92. The number of thiazole rings is 1. The topological polar surface area (TPSA) is 106 Å². The zero-order valence-corrected chi connectivity index (χ0v) is 23.4. The maximum absolute atomic E-state index is 13.9. The van der Waals surface area contributed by atoms with Gasteiger partial charge in [-0.2, -0.15) is 5.10 Å². The summed E-state index contributed by atoms with van der Waals surface area (Å²) in [7, 11) is 0. The fourth-order valence-corrected chi connectivity index (χ4v) is 6.67. The second-order valence-electron chi connectivity index (χ2n) is 10.2. The van der Waals surface area contributed by atoms with Crippen molar-refractivity contribution in [1.29, 1.82) is 0 Å². The van der Waals surface area contributed by atoms with Crippen molar-refractivity contribution in [1.82, 2.24) is 14.8 Å². The first-order valence-electron chi connectivity index (χ1n) is 13.6. The Balaban J connectivity index is 1.27. The third kappa shape index (κ3) is 3.94. The molecule has 2 aromatic heterocycles. The molecule has 0 bridgehead atoms. The van der Waals surface area contributed by atoms with Crippen LogP contribution in [0.4, 0.5) is 11.4 Å². The minimum Gasteiger partial charge on any atom is -0.324 e. The highest BCUT2D eigenvalue weighted by atomic mass is 32.1. The molecule has 1 aliphatic heterocycles. The van der Waals surface area contributed by atoms with Crippen LogP contribution in [0, 0.1) is 0 Å². The van der Waals surface area contributed by atoms with Gasteiger partial charge in [-0.15, -0.1) is 11.3 Å². The van der Waals surface area contributed by atoms with Gasteiger partial charge in [0.25, 0.3) is 11.8 Å². The summed E-state index contributed by atoms with van der Waals surface area (Å²) in [5, 5.41) is 7.14. The lowest BCUT2D eigenvalue weighted by Crippen LogP contribution is -2.40. The molecule has 0 aliphatic carbocycles. The minimum atomic E-state index is -0.393. The molecule has 1 aliphatic rings. The number of carbonyl (C=O) groups excluding carboxylic acids is 2. The van der Waals surface area contributed by atoms with E-state index in [9.17, 15) is 9.59 Å². The highest BCUT2D eigenvalue weighted by molar-refractivity contribution is 7.21. The monoisotopic (exact) mass is 578 g/mol. The zero-order chi connectivity index (χ0) is 29.1. The SMILES string of the molecule is NNc1ccc2c3c(cccc13)C(=O)N(c1cccc(-c3nn(-c4ccccc4)cc3-c3nc4ccccc4s3)c1)C2=O. The van der Waals surface area contributed by atoms with E-state index in [1.54, 1.807) is 41.7 Å². The molecule has 0 radical (unpaired) electrons. The van der Waals surface area contributed by atoms with E-state index < -0.39 is 11.8 Å². The Morgan fingerprint density at radius 2 is 1.47 bits per heavy atom. The molecule has 0 unspecified atom stereocenters. The van der Waals surface area contributed by atoms with Crippen LogP contribution >= 0.6 is 11.3 Å².